The van der Waals surface area contributed by atoms with Gasteiger partial charge in [0.05, 0.1) is 10.7 Å². The molecule has 1 aliphatic heterocycles. The zero-order valence-electron chi connectivity index (χ0n) is 10.9. The van der Waals surface area contributed by atoms with Crippen LogP contribution in [-0.4, -0.2) is 27.4 Å². The van der Waals surface area contributed by atoms with E-state index in [4.69, 9.17) is 11.6 Å². The topological polar surface area (TPSA) is 20.5 Å². The molecule has 2 aromatic heterocycles. The fourth-order valence-corrected chi connectivity index (χ4v) is 2.78. The highest BCUT2D eigenvalue weighted by Crippen LogP contribution is 2.15. The molecule has 104 valence electrons. The molecular formula is C14H19BrClN3. The van der Waals surface area contributed by atoms with Gasteiger partial charge in [0.2, 0.25) is 0 Å². The Kier molecular flexibility index (Phi) is 5.25. The van der Waals surface area contributed by atoms with Crippen LogP contribution < -0.4 is 0 Å². The first-order valence-electron chi connectivity index (χ1n) is 6.67. The lowest BCUT2D eigenvalue weighted by atomic mass is 10.2. The number of aromatic nitrogens is 2. The smallest absolute Gasteiger partial charge is 0.137 e. The summed E-state index contributed by atoms with van der Waals surface area (Å²) < 4.78 is 2.01. The second kappa shape index (κ2) is 6.73. The molecule has 5 heteroatoms. The van der Waals surface area contributed by atoms with Crippen LogP contribution in [0.2, 0.25) is 5.02 Å². The van der Waals surface area contributed by atoms with E-state index < -0.39 is 0 Å². The van der Waals surface area contributed by atoms with Crippen LogP contribution >= 0.6 is 28.6 Å². The number of nitrogens with zero attached hydrogens (tertiary/aromatic N) is 3. The van der Waals surface area contributed by atoms with E-state index in [1.807, 2.05) is 22.7 Å². The summed E-state index contributed by atoms with van der Waals surface area (Å²) >= 11 is 5.98. The molecule has 19 heavy (non-hydrogen) atoms. The average Bonchev–Trinajstić information content (AvgIpc) is 2.57. The molecule has 0 amide bonds. The van der Waals surface area contributed by atoms with E-state index in [1.165, 1.54) is 38.8 Å². The van der Waals surface area contributed by atoms with Crippen LogP contribution in [0.1, 0.15) is 31.4 Å². The van der Waals surface area contributed by atoms with Crippen molar-refractivity contribution in [1.29, 1.82) is 0 Å². The van der Waals surface area contributed by atoms with Gasteiger partial charge in [-0.3, -0.25) is 4.90 Å². The summed E-state index contributed by atoms with van der Waals surface area (Å²) in [7, 11) is 0. The fourth-order valence-electron chi connectivity index (χ4n) is 2.62. The summed E-state index contributed by atoms with van der Waals surface area (Å²) in [4.78, 5) is 7.15. The van der Waals surface area contributed by atoms with Crippen molar-refractivity contribution in [2.24, 2.45) is 0 Å². The molecule has 2 aromatic rings. The average molecular weight is 345 g/mol. The SMILES string of the molecule is Br.Clc1ccc2nc(CN3CCCCCC3)cn2c1. The maximum Gasteiger partial charge on any atom is 0.137 e. The molecule has 0 saturated carbocycles. The van der Waals surface area contributed by atoms with Gasteiger partial charge in [0.1, 0.15) is 5.65 Å². The van der Waals surface area contributed by atoms with E-state index in [2.05, 4.69) is 16.1 Å². The zero-order chi connectivity index (χ0) is 12.4. The monoisotopic (exact) mass is 343 g/mol. The van der Waals surface area contributed by atoms with Gasteiger partial charge in [0.15, 0.2) is 0 Å². The highest BCUT2D eigenvalue weighted by Gasteiger charge is 2.11. The van der Waals surface area contributed by atoms with Crippen LogP contribution in [0.25, 0.3) is 5.65 Å². The van der Waals surface area contributed by atoms with Gasteiger partial charge in [0.25, 0.3) is 0 Å². The minimum atomic E-state index is 0. The largest absolute Gasteiger partial charge is 0.305 e. The Bertz CT molecular complexity index is 532. The summed E-state index contributed by atoms with van der Waals surface area (Å²) in [6.45, 7) is 3.36. The third kappa shape index (κ3) is 3.71. The number of fused-ring (bicyclic) bond motifs is 1. The quantitative estimate of drug-likeness (QED) is 0.822. The number of halogens is 2. The van der Waals surface area contributed by atoms with Crippen molar-refractivity contribution in [3.63, 3.8) is 0 Å². The molecule has 0 unspecified atom stereocenters. The standard InChI is InChI=1S/C14H18ClN3.BrH/c15-12-5-6-14-16-13(11-18(14)9-12)10-17-7-3-1-2-4-8-17;/h5-6,9,11H,1-4,7-8,10H2;1H. The Morgan fingerprint density at radius 3 is 2.53 bits per heavy atom. The summed E-state index contributed by atoms with van der Waals surface area (Å²) in [5, 5.41) is 0.751. The van der Waals surface area contributed by atoms with Crippen molar-refractivity contribution in [1.82, 2.24) is 14.3 Å². The third-order valence-corrected chi connectivity index (χ3v) is 3.77. The van der Waals surface area contributed by atoms with Gasteiger partial charge < -0.3 is 4.40 Å². The molecule has 1 fully saturated rings. The van der Waals surface area contributed by atoms with E-state index in [0.717, 1.165) is 22.9 Å². The van der Waals surface area contributed by atoms with Gasteiger partial charge in [-0.1, -0.05) is 24.4 Å². The van der Waals surface area contributed by atoms with Crippen LogP contribution in [0.5, 0.6) is 0 Å². The van der Waals surface area contributed by atoms with Crippen LogP contribution in [0.15, 0.2) is 24.5 Å². The third-order valence-electron chi connectivity index (χ3n) is 3.55. The predicted octanol–water partition coefficient (Wildman–Crippen LogP) is 3.94. The van der Waals surface area contributed by atoms with Crippen molar-refractivity contribution < 1.29 is 0 Å². The second-order valence-corrected chi connectivity index (χ2v) is 5.47. The fraction of sp³-hybridized carbons (Fsp3) is 0.500. The molecule has 0 atom stereocenters. The molecule has 3 rings (SSSR count). The molecule has 0 bridgehead atoms. The molecule has 0 aromatic carbocycles. The maximum atomic E-state index is 5.98. The minimum absolute atomic E-state index is 0. The van der Waals surface area contributed by atoms with Crippen molar-refractivity contribution in [3.05, 3.63) is 35.2 Å². The summed E-state index contributed by atoms with van der Waals surface area (Å²) in [5.41, 5.74) is 2.11. The molecule has 3 nitrogen and oxygen atoms in total. The van der Waals surface area contributed by atoms with Crippen LogP contribution in [0.3, 0.4) is 0 Å². The summed E-state index contributed by atoms with van der Waals surface area (Å²) in [5.74, 6) is 0. The van der Waals surface area contributed by atoms with Crippen LogP contribution in [-0.2, 0) is 6.54 Å². The van der Waals surface area contributed by atoms with Gasteiger partial charge in [-0.15, -0.1) is 17.0 Å². The molecule has 1 saturated heterocycles. The first-order chi connectivity index (χ1) is 8.81. The molecule has 0 radical (unpaired) electrons. The van der Waals surface area contributed by atoms with Crippen LogP contribution in [0, 0.1) is 0 Å². The lowest BCUT2D eigenvalue weighted by molar-refractivity contribution is 0.274. The van der Waals surface area contributed by atoms with Crippen molar-refractivity contribution in [2.45, 2.75) is 32.2 Å². The Hall–Kier alpha value is -0.580. The molecule has 0 N–H and O–H groups in total. The number of likely N-dealkylation sites (tertiary alicyclic amines) is 1. The zero-order valence-corrected chi connectivity index (χ0v) is 13.4. The highest BCUT2D eigenvalue weighted by molar-refractivity contribution is 8.93. The molecule has 0 spiro atoms. The first-order valence-corrected chi connectivity index (χ1v) is 7.04. The van der Waals surface area contributed by atoms with E-state index in [-0.39, 0.29) is 17.0 Å². The van der Waals surface area contributed by atoms with Gasteiger partial charge in [-0.2, -0.15) is 0 Å². The van der Waals surface area contributed by atoms with Gasteiger partial charge in [-0.25, -0.2) is 4.98 Å². The number of imidazole rings is 1. The van der Waals surface area contributed by atoms with E-state index in [0.29, 0.717) is 0 Å². The van der Waals surface area contributed by atoms with Gasteiger partial charge >= 0.3 is 0 Å². The Morgan fingerprint density at radius 1 is 1.05 bits per heavy atom. The van der Waals surface area contributed by atoms with E-state index in [1.54, 1.807) is 0 Å². The number of hydrogen-bond acceptors (Lipinski definition) is 2. The summed E-state index contributed by atoms with van der Waals surface area (Å²) in [6.07, 6.45) is 9.38. The summed E-state index contributed by atoms with van der Waals surface area (Å²) in [6, 6.07) is 3.86. The van der Waals surface area contributed by atoms with E-state index in [9.17, 15) is 0 Å². The lowest BCUT2D eigenvalue weighted by Crippen LogP contribution is -2.24. The number of rotatable bonds is 2. The van der Waals surface area contributed by atoms with Crippen molar-refractivity contribution >= 4 is 34.2 Å². The Labute approximate surface area is 129 Å². The Balaban J connectivity index is 0.00000133. The normalized spacial score (nSPS) is 17.1. The van der Waals surface area contributed by atoms with E-state index >= 15 is 0 Å². The predicted molar refractivity (Wildman–Crippen MR) is 84.3 cm³/mol. The molecule has 0 aliphatic carbocycles. The number of hydrogen-bond donors (Lipinski definition) is 0. The second-order valence-electron chi connectivity index (χ2n) is 5.04. The number of pyridine rings is 1. The Morgan fingerprint density at radius 2 is 1.79 bits per heavy atom. The first kappa shape index (κ1) is 14.8. The van der Waals surface area contributed by atoms with Gasteiger partial charge in [0, 0.05) is 18.9 Å². The highest BCUT2D eigenvalue weighted by atomic mass is 79.9. The molecule has 1 aliphatic rings. The maximum absolute atomic E-state index is 5.98. The molecular weight excluding hydrogens is 326 g/mol. The molecule has 3 heterocycles. The van der Waals surface area contributed by atoms with Crippen LogP contribution in [0.4, 0.5) is 0 Å². The minimum Gasteiger partial charge on any atom is -0.305 e. The lowest BCUT2D eigenvalue weighted by Gasteiger charge is -2.17. The van der Waals surface area contributed by atoms with Crippen molar-refractivity contribution in [3.8, 4) is 0 Å². The van der Waals surface area contributed by atoms with Crippen molar-refractivity contribution in [2.75, 3.05) is 13.1 Å². The van der Waals surface area contributed by atoms with Gasteiger partial charge in [-0.05, 0) is 38.1 Å².